The van der Waals surface area contributed by atoms with Crippen molar-refractivity contribution in [2.24, 2.45) is 0 Å². The predicted molar refractivity (Wildman–Crippen MR) is 105 cm³/mol. The number of fused-ring (bicyclic) bond motifs is 1. The summed E-state index contributed by atoms with van der Waals surface area (Å²) < 4.78 is 24.8. The summed E-state index contributed by atoms with van der Waals surface area (Å²) in [6, 6.07) is 8.85. The van der Waals surface area contributed by atoms with Crippen molar-refractivity contribution in [1.82, 2.24) is 5.32 Å². The molecule has 3 aromatic rings. The molecule has 1 amide bonds. The van der Waals surface area contributed by atoms with Gasteiger partial charge in [0.05, 0.1) is 17.0 Å². The number of benzene rings is 1. The molecule has 0 radical (unpaired) electrons. The molecule has 0 saturated heterocycles. The van der Waals surface area contributed by atoms with Crippen LogP contribution in [-0.2, 0) is 6.42 Å². The van der Waals surface area contributed by atoms with Crippen molar-refractivity contribution in [2.45, 2.75) is 19.4 Å². The summed E-state index contributed by atoms with van der Waals surface area (Å²) >= 11 is 1.28. The lowest BCUT2D eigenvalue weighted by atomic mass is 10.0. The molecule has 1 unspecified atom stereocenters. The van der Waals surface area contributed by atoms with Gasteiger partial charge in [-0.15, -0.1) is 11.3 Å². The number of ether oxygens (including phenoxy) is 1. The molecule has 0 aliphatic carbocycles. The van der Waals surface area contributed by atoms with Gasteiger partial charge in [0.25, 0.3) is 5.91 Å². The molecular weight excluding hydrogens is 397 g/mol. The minimum atomic E-state index is -0.535. The van der Waals surface area contributed by atoms with Crippen LogP contribution >= 0.6 is 11.3 Å². The monoisotopic (exact) mass is 413 g/mol. The predicted octanol–water partition coefficient (Wildman–Crippen LogP) is 3.44. The Kier molecular flexibility index (Phi) is 5.02. The first-order valence-corrected chi connectivity index (χ1v) is 9.69. The van der Waals surface area contributed by atoms with E-state index in [-0.39, 0.29) is 29.8 Å². The molecule has 8 heteroatoms. The van der Waals surface area contributed by atoms with Gasteiger partial charge in [0.2, 0.25) is 0 Å². The van der Waals surface area contributed by atoms with Crippen molar-refractivity contribution in [2.75, 3.05) is 6.54 Å². The fourth-order valence-electron chi connectivity index (χ4n) is 3.16. The van der Waals surface area contributed by atoms with Crippen LogP contribution in [0.25, 0.3) is 10.4 Å². The highest BCUT2D eigenvalue weighted by Gasteiger charge is 2.28. The zero-order valence-corrected chi connectivity index (χ0v) is 16.2. The summed E-state index contributed by atoms with van der Waals surface area (Å²) in [4.78, 5) is 36.1. The molecule has 1 aliphatic heterocycles. The third kappa shape index (κ3) is 3.97. The quantitative estimate of drug-likeness (QED) is 0.648. The van der Waals surface area contributed by atoms with E-state index in [0.717, 1.165) is 11.1 Å². The van der Waals surface area contributed by atoms with Gasteiger partial charge in [0, 0.05) is 28.5 Å². The number of hydrogen-bond donors (Lipinski definition) is 1. The summed E-state index contributed by atoms with van der Waals surface area (Å²) in [5.41, 5.74) is 0.994. The van der Waals surface area contributed by atoms with Crippen molar-refractivity contribution in [3.05, 3.63) is 74.9 Å². The Hall–Kier alpha value is -3.26. The number of hydrogen-bond acceptors (Lipinski definition) is 6. The van der Waals surface area contributed by atoms with E-state index in [9.17, 15) is 18.8 Å². The molecule has 2 aromatic heterocycles. The molecule has 0 fully saturated rings. The normalized spacial score (nSPS) is 14.9. The highest BCUT2D eigenvalue weighted by Crippen LogP contribution is 2.42. The van der Waals surface area contributed by atoms with Gasteiger partial charge < -0.3 is 14.5 Å². The van der Waals surface area contributed by atoms with Crippen LogP contribution in [0.1, 0.15) is 32.5 Å². The summed E-state index contributed by atoms with van der Waals surface area (Å²) in [7, 11) is 0. The molecule has 0 saturated carbocycles. The number of carbonyl (C=O) groups is 2. The van der Waals surface area contributed by atoms with Crippen LogP contribution in [0.15, 0.2) is 51.9 Å². The van der Waals surface area contributed by atoms with Crippen LogP contribution in [0, 0.1) is 5.82 Å². The number of thiophene rings is 1. The van der Waals surface area contributed by atoms with Crippen molar-refractivity contribution in [3.8, 4) is 16.2 Å². The Labute approximate surface area is 168 Å². The van der Waals surface area contributed by atoms with Crippen molar-refractivity contribution in [1.29, 1.82) is 0 Å². The standard InChI is InChI=1S/C21H16FNO5S/c1-11(24)17-3-4-18(29-17)16-8-14(22)6-13-7-15(28-20(13)16)9-23-21(26)12-2-5-19(25)27-10-12/h2-6,8,10,15H,7,9H2,1H3,(H,23,26). The van der Waals surface area contributed by atoms with Gasteiger partial charge in [-0.3, -0.25) is 9.59 Å². The lowest BCUT2D eigenvalue weighted by molar-refractivity contribution is 0.0930. The van der Waals surface area contributed by atoms with E-state index in [1.165, 1.54) is 42.5 Å². The van der Waals surface area contributed by atoms with Crippen LogP contribution in [0.3, 0.4) is 0 Å². The minimum absolute atomic E-state index is 0.0486. The molecule has 0 spiro atoms. The van der Waals surface area contributed by atoms with Crippen LogP contribution in [0.5, 0.6) is 5.75 Å². The van der Waals surface area contributed by atoms with Crippen molar-refractivity contribution < 1.29 is 23.1 Å². The average molecular weight is 413 g/mol. The Bertz CT molecular complexity index is 1150. The van der Waals surface area contributed by atoms with Crippen molar-refractivity contribution in [3.63, 3.8) is 0 Å². The first kappa shape index (κ1) is 19.1. The average Bonchev–Trinajstić information content (AvgIpc) is 3.33. The van der Waals surface area contributed by atoms with E-state index in [2.05, 4.69) is 9.73 Å². The van der Waals surface area contributed by atoms with Crippen LogP contribution in [0.4, 0.5) is 4.39 Å². The van der Waals surface area contributed by atoms with Crippen molar-refractivity contribution >= 4 is 23.0 Å². The van der Waals surface area contributed by atoms with Gasteiger partial charge in [-0.2, -0.15) is 0 Å². The van der Waals surface area contributed by atoms with Crippen LogP contribution in [0.2, 0.25) is 0 Å². The van der Waals surface area contributed by atoms with Gasteiger partial charge >= 0.3 is 5.63 Å². The molecule has 0 bridgehead atoms. The van der Waals surface area contributed by atoms with Gasteiger partial charge in [-0.05, 0) is 37.3 Å². The maximum atomic E-state index is 14.1. The number of rotatable bonds is 5. The topological polar surface area (TPSA) is 85.6 Å². The van der Waals surface area contributed by atoms with Gasteiger partial charge in [0.15, 0.2) is 5.78 Å². The smallest absolute Gasteiger partial charge is 0.335 e. The molecule has 1 atom stereocenters. The third-order valence-electron chi connectivity index (χ3n) is 4.53. The van der Waals surface area contributed by atoms with Crippen LogP contribution in [-0.4, -0.2) is 24.3 Å². The third-order valence-corrected chi connectivity index (χ3v) is 5.75. The number of amides is 1. The van der Waals surface area contributed by atoms with Gasteiger partial charge in [-0.25, -0.2) is 9.18 Å². The molecule has 29 heavy (non-hydrogen) atoms. The molecule has 4 rings (SSSR count). The highest BCUT2D eigenvalue weighted by atomic mass is 32.1. The SMILES string of the molecule is CC(=O)c1ccc(-c2cc(F)cc3c2OC(CNC(=O)c2ccc(=O)oc2)C3)s1. The maximum Gasteiger partial charge on any atom is 0.335 e. The van der Waals surface area contributed by atoms with E-state index in [0.29, 0.717) is 28.2 Å². The molecule has 1 aliphatic rings. The summed E-state index contributed by atoms with van der Waals surface area (Å²) in [5.74, 6) is -0.269. The van der Waals surface area contributed by atoms with Gasteiger partial charge in [0.1, 0.15) is 23.9 Å². The van der Waals surface area contributed by atoms with Crippen LogP contribution < -0.4 is 15.7 Å². The lowest BCUT2D eigenvalue weighted by Gasteiger charge is -2.13. The van der Waals surface area contributed by atoms with E-state index in [1.807, 2.05) is 0 Å². The maximum absolute atomic E-state index is 14.1. The Morgan fingerprint density at radius 1 is 1.24 bits per heavy atom. The first-order valence-electron chi connectivity index (χ1n) is 8.88. The molecule has 148 valence electrons. The highest BCUT2D eigenvalue weighted by molar-refractivity contribution is 7.17. The van der Waals surface area contributed by atoms with Gasteiger partial charge in [-0.1, -0.05) is 0 Å². The zero-order chi connectivity index (χ0) is 20.5. The zero-order valence-electron chi connectivity index (χ0n) is 15.4. The number of Topliss-reactive ketones (excluding diaryl/α,β-unsaturated/α-hetero) is 1. The Morgan fingerprint density at radius 2 is 2.07 bits per heavy atom. The molecule has 1 N–H and O–H groups in total. The second-order valence-electron chi connectivity index (χ2n) is 6.66. The fraction of sp³-hybridized carbons (Fsp3) is 0.190. The Balaban J connectivity index is 1.50. The van der Waals surface area contributed by atoms with E-state index >= 15 is 0 Å². The molecule has 1 aromatic carbocycles. The summed E-state index contributed by atoms with van der Waals surface area (Å²) in [5, 5.41) is 2.73. The fourth-order valence-corrected chi connectivity index (χ4v) is 4.07. The minimum Gasteiger partial charge on any atom is -0.487 e. The number of ketones is 1. The number of carbonyl (C=O) groups excluding carboxylic acids is 2. The summed E-state index contributed by atoms with van der Waals surface area (Å²) in [6.07, 6.45) is 1.17. The van der Waals surface area contributed by atoms with E-state index in [1.54, 1.807) is 12.1 Å². The lowest BCUT2D eigenvalue weighted by Crippen LogP contribution is -2.34. The Morgan fingerprint density at radius 3 is 2.76 bits per heavy atom. The largest absolute Gasteiger partial charge is 0.487 e. The number of halogens is 1. The molecular formula is C21H16FNO5S. The second-order valence-corrected chi connectivity index (χ2v) is 7.74. The molecule has 6 nitrogen and oxygen atoms in total. The van der Waals surface area contributed by atoms with E-state index in [4.69, 9.17) is 4.74 Å². The first-order chi connectivity index (χ1) is 13.9. The molecule has 3 heterocycles. The van der Waals surface area contributed by atoms with E-state index < -0.39 is 11.5 Å². The number of nitrogens with one attached hydrogen (secondary N) is 1. The summed E-state index contributed by atoms with van der Waals surface area (Å²) in [6.45, 7) is 1.69. The second kappa shape index (κ2) is 7.63.